The van der Waals surface area contributed by atoms with Crippen LogP contribution in [0.15, 0.2) is 53.5 Å². The van der Waals surface area contributed by atoms with Crippen molar-refractivity contribution in [2.45, 2.75) is 19.8 Å². The van der Waals surface area contributed by atoms with Crippen LogP contribution in [0.2, 0.25) is 0 Å². The zero-order valence-corrected chi connectivity index (χ0v) is 19.1. The number of nitrogens with one attached hydrogen (secondary N) is 3. The molecule has 32 heavy (non-hydrogen) atoms. The predicted octanol–water partition coefficient (Wildman–Crippen LogP) is 3.10. The van der Waals surface area contributed by atoms with Gasteiger partial charge in [-0.1, -0.05) is 0 Å². The number of hydrogen-bond acceptors (Lipinski definition) is 5. The van der Waals surface area contributed by atoms with E-state index in [9.17, 15) is 0 Å². The molecule has 172 valence electrons. The number of aliphatic imine (C=N–C) groups is 1. The normalized spacial score (nSPS) is 11.0. The van der Waals surface area contributed by atoms with Gasteiger partial charge in [0.1, 0.15) is 17.3 Å². The van der Waals surface area contributed by atoms with Crippen molar-refractivity contribution in [3.63, 3.8) is 0 Å². The van der Waals surface area contributed by atoms with Crippen LogP contribution in [0.25, 0.3) is 0 Å². The first-order valence-electron chi connectivity index (χ1n) is 10.7. The Morgan fingerprint density at radius 3 is 1.97 bits per heavy atom. The summed E-state index contributed by atoms with van der Waals surface area (Å²) in [6, 6.07) is 14.8. The fourth-order valence-electron chi connectivity index (χ4n) is 2.98. The van der Waals surface area contributed by atoms with Crippen molar-refractivity contribution in [2.24, 2.45) is 10.7 Å². The second-order valence-corrected chi connectivity index (χ2v) is 7.39. The fourth-order valence-corrected chi connectivity index (χ4v) is 2.98. The molecule has 0 atom stereocenters. The van der Waals surface area contributed by atoms with Gasteiger partial charge in [-0.25, -0.2) is 0 Å². The Morgan fingerprint density at radius 1 is 0.938 bits per heavy atom. The molecule has 0 amide bonds. The van der Waals surface area contributed by atoms with Crippen LogP contribution in [0.4, 0.5) is 0 Å². The Hall–Kier alpha value is -3.55. The summed E-state index contributed by atoms with van der Waals surface area (Å²) in [6.07, 6.45) is 1.69. The summed E-state index contributed by atoms with van der Waals surface area (Å²) in [6.45, 7) is 4.53. The average Bonchev–Trinajstić information content (AvgIpc) is 2.79. The third-order valence-corrected chi connectivity index (χ3v) is 4.81. The van der Waals surface area contributed by atoms with Crippen LogP contribution in [0.5, 0.6) is 11.5 Å². The summed E-state index contributed by atoms with van der Waals surface area (Å²) >= 11 is 0. The lowest BCUT2D eigenvalue weighted by molar-refractivity contribution is 0.292. The third-order valence-electron chi connectivity index (χ3n) is 4.81. The lowest BCUT2D eigenvalue weighted by atomic mass is 10.1. The number of ether oxygens (including phenoxy) is 2. The smallest absolute Gasteiger partial charge is 0.193 e. The summed E-state index contributed by atoms with van der Waals surface area (Å²) < 4.78 is 11.5. The second kappa shape index (κ2) is 13.0. The molecule has 0 aromatic heterocycles. The fraction of sp³-hybridized carbons (Fsp3) is 0.375. The first-order valence-corrected chi connectivity index (χ1v) is 10.7. The van der Waals surface area contributed by atoms with Gasteiger partial charge in [-0.05, 0) is 73.9 Å². The lowest BCUT2D eigenvalue weighted by Gasteiger charge is -2.22. The van der Waals surface area contributed by atoms with E-state index in [0.29, 0.717) is 24.5 Å². The average molecular weight is 439 g/mol. The van der Waals surface area contributed by atoms with Crippen LogP contribution < -0.4 is 20.5 Å². The molecule has 2 aromatic carbocycles. The van der Waals surface area contributed by atoms with E-state index in [2.05, 4.69) is 15.2 Å². The van der Waals surface area contributed by atoms with Gasteiger partial charge < -0.3 is 30.8 Å². The number of rotatable bonds is 12. The summed E-state index contributed by atoms with van der Waals surface area (Å²) in [7, 11) is 3.78. The molecule has 0 aliphatic heterocycles. The molecule has 5 N–H and O–H groups in total. The van der Waals surface area contributed by atoms with Gasteiger partial charge in [0.05, 0.1) is 13.2 Å². The molecular formula is C24H34N6O2. The van der Waals surface area contributed by atoms with Gasteiger partial charge in [0.2, 0.25) is 0 Å². The number of guanidine groups is 1. The van der Waals surface area contributed by atoms with Gasteiger partial charge in [-0.15, -0.1) is 0 Å². The monoisotopic (exact) mass is 438 g/mol. The van der Waals surface area contributed by atoms with Crippen molar-refractivity contribution in [1.29, 1.82) is 10.8 Å². The zero-order valence-electron chi connectivity index (χ0n) is 19.1. The standard InChI is InChI=1S/C24H34N6O2/c1-18(25)19-6-10-21(11-7-19)32-17-5-15-30(3)24(28-2)29-14-4-16-31-22-12-8-20(9-13-22)23(26)27/h6-13,25H,4-5,14-17H2,1-3H3,(H3,26,27)(H,28,29). The summed E-state index contributed by atoms with van der Waals surface area (Å²) in [5, 5.41) is 18.4. The first kappa shape index (κ1) is 24.7. The van der Waals surface area contributed by atoms with E-state index in [-0.39, 0.29) is 5.84 Å². The Bertz CT molecular complexity index is 894. The molecule has 2 rings (SSSR count). The molecule has 0 heterocycles. The van der Waals surface area contributed by atoms with Gasteiger partial charge >= 0.3 is 0 Å². The van der Waals surface area contributed by atoms with Crippen molar-refractivity contribution < 1.29 is 9.47 Å². The largest absolute Gasteiger partial charge is 0.494 e. The number of hydrogen-bond donors (Lipinski definition) is 4. The number of benzene rings is 2. The van der Waals surface area contributed by atoms with E-state index < -0.39 is 0 Å². The molecule has 0 saturated heterocycles. The van der Waals surface area contributed by atoms with Crippen LogP contribution in [0.3, 0.4) is 0 Å². The number of nitrogens with zero attached hydrogens (tertiary/aromatic N) is 2. The molecule has 0 fully saturated rings. The Kier molecular flexibility index (Phi) is 10.0. The zero-order chi connectivity index (χ0) is 23.3. The molecule has 0 radical (unpaired) electrons. The maximum atomic E-state index is 7.63. The van der Waals surface area contributed by atoms with Gasteiger partial charge in [-0.2, -0.15) is 0 Å². The summed E-state index contributed by atoms with van der Waals surface area (Å²) in [5.74, 6) is 2.47. The van der Waals surface area contributed by atoms with Crippen LogP contribution in [-0.4, -0.2) is 62.8 Å². The maximum absolute atomic E-state index is 7.63. The van der Waals surface area contributed by atoms with Crippen molar-refractivity contribution in [3.05, 3.63) is 59.7 Å². The number of nitrogen functional groups attached to an aromatic ring is 1. The molecule has 8 heteroatoms. The lowest BCUT2D eigenvalue weighted by Crippen LogP contribution is -2.40. The van der Waals surface area contributed by atoms with Crippen molar-refractivity contribution in [1.82, 2.24) is 10.2 Å². The van der Waals surface area contributed by atoms with E-state index in [0.717, 1.165) is 49.0 Å². The Morgan fingerprint density at radius 2 is 1.47 bits per heavy atom. The van der Waals surface area contributed by atoms with E-state index in [1.165, 1.54) is 0 Å². The highest BCUT2D eigenvalue weighted by Crippen LogP contribution is 2.13. The number of amidine groups is 1. The molecule has 0 spiro atoms. The van der Waals surface area contributed by atoms with Crippen LogP contribution in [0, 0.1) is 10.8 Å². The van der Waals surface area contributed by atoms with Gasteiger partial charge in [-0.3, -0.25) is 10.4 Å². The minimum absolute atomic E-state index is 0.0515. The van der Waals surface area contributed by atoms with Gasteiger partial charge in [0.15, 0.2) is 5.96 Å². The molecule has 0 aliphatic carbocycles. The molecule has 0 saturated carbocycles. The Labute approximate surface area is 190 Å². The highest BCUT2D eigenvalue weighted by Gasteiger charge is 2.06. The van der Waals surface area contributed by atoms with Crippen LogP contribution in [0.1, 0.15) is 30.9 Å². The highest BCUT2D eigenvalue weighted by molar-refractivity contribution is 5.96. The Balaban J connectivity index is 1.61. The molecule has 8 nitrogen and oxygen atoms in total. The SMILES string of the molecule is C/N=C(/NCCCOc1ccc(C(=N)N)cc1)N(C)CCCOc1ccc(C(C)=N)cc1. The van der Waals surface area contributed by atoms with Crippen LogP contribution >= 0.6 is 0 Å². The van der Waals surface area contributed by atoms with Gasteiger partial charge in [0.25, 0.3) is 0 Å². The van der Waals surface area contributed by atoms with E-state index in [1.807, 2.05) is 43.4 Å². The molecule has 0 unspecified atom stereocenters. The summed E-state index contributed by atoms with van der Waals surface area (Å²) in [5.41, 5.74) is 7.59. The van der Waals surface area contributed by atoms with Gasteiger partial charge in [0, 0.05) is 38.5 Å². The highest BCUT2D eigenvalue weighted by atomic mass is 16.5. The predicted molar refractivity (Wildman–Crippen MR) is 131 cm³/mol. The topological polar surface area (TPSA) is 120 Å². The van der Waals surface area contributed by atoms with E-state index in [4.69, 9.17) is 26.0 Å². The minimum atomic E-state index is 0.0515. The van der Waals surface area contributed by atoms with Crippen LogP contribution in [-0.2, 0) is 0 Å². The van der Waals surface area contributed by atoms with Crippen molar-refractivity contribution in [2.75, 3.05) is 40.4 Å². The quantitative estimate of drug-likeness (QED) is 0.231. The third kappa shape index (κ3) is 8.29. The first-order chi connectivity index (χ1) is 15.4. The van der Waals surface area contributed by atoms with Crippen molar-refractivity contribution >= 4 is 17.5 Å². The molecule has 2 aromatic rings. The number of nitrogens with two attached hydrogens (primary N) is 1. The summed E-state index contributed by atoms with van der Waals surface area (Å²) in [4.78, 5) is 6.41. The molecular weight excluding hydrogens is 404 g/mol. The second-order valence-electron chi connectivity index (χ2n) is 7.39. The molecule has 0 bridgehead atoms. The minimum Gasteiger partial charge on any atom is -0.494 e. The van der Waals surface area contributed by atoms with Crippen molar-refractivity contribution in [3.8, 4) is 11.5 Å². The van der Waals surface area contributed by atoms with E-state index >= 15 is 0 Å². The molecule has 0 aliphatic rings. The van der Waals surface area contributed by atoms with E-state index in [1.54, 1.807) is 26.1 Å². The maximum Gasteiger partial charge on any atom is 0.193 e.